The molecule has 0 saturated carbocycles. The molecule has 8 heteroatoms. The van der Waals surface area contributed by atoms with Crippen LogP contribution in [0.25, 0.3) is 10.6 Å². The van der Waals surface area contributed by atoms with E-state index in [1.54, 1.807) is 11.3 Å². The zero-order valence-electron chi connectivity index (χ0n) is 11.8. The van der Waals surface area contributed by atoms with Gasteiger partial charge in [-0.3, -0.25) is 0 Å². The summed E-state index contributed by atoms with van der Waals surface area (Å²) in [5.74, 6) is -2.67. The van der Waals surface area contributed by atoms with Gasteiger partial charge in [-0.25, -0.2) is 14.6 Å². The summed E-state index contributed by atoms with van der Waals surface area (Å²) in [6.45, 7) is 3.00. The van der Waals surface area contributed by atoms with Crippen LogP contribution in [-0.4, -0.2) is 22.7 Å². The average molecular weight is 336 g/mol. The number of carbonyl (C=O) groups excluding carboxylic acids is 2. The highest BCUT2D eigenvalue weighted by atomic mass is 32.1. The molecule has 22 heavy (non-hydrogen) atoms. The lowest BCUT2D eigenvalue weighted by Gasteiger charge is -2.29. The lowest BCUT2D eigenvalue weighted by molar-refractivity contribution is -0.222. The number of cyclic esters (lactones) is 2. The summed E-state index contributed by atoms with van der Waals surface area (Å²) in [6.07, 6.45) is 1.26. The van der Waals surface area contributed by atoms with Gasteiger partial charge in [0, 0.05) is 25.4 Å². The van der Waals surface area contributed by atoms with Crippen LogP contribution in [0.1, 0.15) is 13.8 Å². The predicted molar refractivity (Wildman–Crippen MR) is 83.4 cm³/mol. The number of hydrogen-bond donors (Lipinski definition) is 1. The summed E-state index contributed by atoms with van der Waals surface area (Å²) in [6, 6.07) is 3.92. The highest BCUT2D eigenvalue weighted by molar-refractivity contribution is 7.15. The summed E-state index contributed by atoms with van der Waals surface area (Å²) in [4.78, 5) is 29.0. The molecule has 1 saturated heterocycles. The first-order chi connectivity index (χ1) is 10.4. The normalized spacial score (nSPS) is 16.9. The van der Waals surface area contributed by atoms with Crippen LogP contribution in [0, 0.1) is 0 Å². The number of nitrogens with one attached hydrogen (secondary N) is 1. The van der Waals surface area contributed by atoms with E-state index in [0.717, 1.165) is 10.6 Å². The number of ether oxygens (including phenoxy) is 2. The minimum Gasteiger partial charge on any atom is -0.419 e. The molecule has 0 aromatic carbocycles. The van der Waals surface area contributed by atoms with Crippen LogP contribution in [0.5, 0.6) is 0 Å². The Morgan fingerprint density at radius 1 is 1.23 bits per heavy atom. The maximum absolute atomic E-state index is 11.8. The van der Waals surface area contributed by atoms with Crippen molar-refractivity contribution in [1.82, 2.24) is 4.98 Å². The van der Waals surface area contributed by atoms with Gasteiger partial charge in [0.2, 0.25) is 0 Å². The molecule has 1 aliphatic rings. The number of carbonyl (C=O) groups is 2. The zero-order valence-corrected chi connectivity index (χ0v) is 13.4. The topological polar surface area (TPSA) is 77.5 Å². The van der Waals surface area contributed by atoms with E-state index in [1.807, 2.05) is 22.9 Å². The van der Waals surface area contributed by atoms with Gasteiger partial charge in [-0.2, -0.15) is 0 Å². The van der Waals surface area contributed by atoms with Crippen molar-refractivity contribution in [2.45, 2.75) is 19.6 Å². The Labute approximate surface area is 134 Å². The van der Waals surface area contributed by atoms with Gasteiger partial charge in [0.15, 0.2) is 10.7 Å². The fourth-order valence-electron chi connectivity index (χ4n) is 1.79. The van der Waals surface area contributed by atoms with Crippen LogP contribution in [-0.2, 0) is 19.1 Å². The molecule has 3 heterocycles. The number of anilines is 1. The lowest BCUT2D eigenvalue weighted by atomic mass is 10.2. The smallest absolute Gasteiger partial charge is 0.350 e. The van der Waals surface area contributed by atoms with E-state index in [9.17, 15) is 9.59 Å². The van der Waals surface area contributed by atoms with Crippen LogP contribution in [0.3, 0.4) is 0 Å². The Balaban J connectivity index is 1.74. The molecular formula is C14H12N2O4S2. The average Bonchev–Trinajstić information content (AvgIpc) is 3.06. The molecule has 2 aromatic rings. The number of rotatable bonds is 3. The Bertz CT molecular complexity index is 725. The minimum absolute atomic E-state index is 0.188. The van der Waals surface area contributed by atoms with Gasteiger partial charge in [0.25, 0.3) is 5.79 Å². The zero-order chi connectivity index (χ0) is 15.7. The lowest BCUT2D eigenvalue weighted by Crippen LogP contribution is -2.42. The predicted octanol–water partition coefficient (Wildman–Crippen LogP) is 3.00. The van der Waals surface area contributed by atoms with Gasteiger partial charge in [-0.15, -0.1) is 22.7 Å². The molecule has 1 aliphatic heterocycles. The maximum Gasteiger partial charge on any atom is 0.350 e. The van der Waals surface area contributed by atoms with Crippen molar-refractivity contribution in [3.8, 4) is 10.6 Å². The molecule has 1 fully saturated rings. The van der Waals surface area contributed by atoms with Crippen LogP contribution < -0.4 is 5.32 Å². The molecule has 2 aromatic heterocycles. The van der Waals surface area contributed by atoms with Crippen LogP contribution in [0.2, 0.25) is 0 Å². The number of esters is 2. The van der Waals surface area contributed by atoms with E-state index < -0.39 is 17.7 Å². The van der Waals surface area contributed by atoms with Crippen molar-refractivity contribution < 1.29 is 19.1 Å². The first kappa shape index (κ1) is 14.7. The second kappa shape index (κ2) is 5.54. The summed E-state index contributed by atoms with van der Waals surface area (Å²) >= 11 is 2.96. The number of thiophene rings is 1. The number of hydrogen-bond acceptors (Lipinski definition) is 8. The van der Waals surface area contributed by atoms with E-state index in [-0.39, 0.29) is 5.57 Å². The number of aromatic nitrogens is 1. The molecule has 0 aliphatic carbocycles. The fraction of sp³-hybridized carbons (Fsp3) is 0.214. The highest BCUT2D eigenvalue weighted by Crippen LogP contribution is 2.28. The highest BCUT2D eigenvalue weighted by Gasteiger charge is 2.38. The Morgan fingerprint density at radius 2 is 1.95 bits per heavy atom. The van der Waals surface area contributed by atoms with E-state index in [2.05, 4.69) is 10.3 Å². The molecule has 0 unspecified atom stereocenters. The van der Waals surface area contributed by atoms with Crippen molar-refractivity contribution in [2.75, 3.05) is 5.32 Å². The Kier molecular flexibility index (Phi) is 3.71. The van der Waals surface area contributed by atoms with Gasteiger partial charge in [-0.05, 0) is 11.4 Å². The van der Waals surface area contributed by atoms with Crippen LogP contribution >= 0.6 is 22.7 Å². The van der Waals surface area contributed by atoms with Crippen molar-refractivity contribution in [2.24, 2.45) is 0 Å². The van der Waals surface area contributed by atoms with E-state index in [4.69, 9.17) is 9.47 Å². The summed E-state index contributed by atoms with van der Waals surface area (Å²) in [5, 5.41) is 7.27. The third-order valence-electron chi connectivity index (χ3n) is 2.73. The molecule has 6 nitrogen and oxygen atoms in total. The molecule has 0 amide bonds. The Morgan fingerprint density at radius 3 is 2.59 bits per heavy atom. The maximum atomic E-state index is 11.8. The second-order valence-electron chi connectivity index (χ2n) is 4.90. The van der Waals surface area contributed by atoms with Gasteiger partial charge < -0.3 is 14.8 Å². The van der Waals surface area contributed by atoms with E-state index in [0.29, 0.717) is 5.13 Å². The van der Waals surface area contributed by atoms with Crippen molar-refractivity contribution in [3.05, 3.63) is 34.7 Å². The number of thiazole rings is 1. The van der Waals surface area contributed by atoms with Gasteiger partial charge in [0.05, 0.1) is 10.6 Å². The standard InChI is InChI=1S/C14H12N2O4S2/c1-14(2)19-11(17)8(12(18)20-14)6-15-13-16-9(7-22-13)10-4-3-5-21-10/h3-7H,1-2H3,(H,15,16). The van der Waals surface area contributed by atoms with Crippen molar-refractivity contribution >= 4 is 39.7 Å². The van der Waals surface area contributed by atoms with Crippen molar-refractivity contribution in [3.63, 3.8) is 0 Å². The van der Waals surface area contributed by atoms with Gasteiger partial charge in [0.1, 0.15) is 0 Å². The van der Waals surface area contributed by atoms with Gasteiger partial charge >= 0.3 is 11.9 Å². The monoisotopic (exact) mass is 336 g/mol. The molecule has 114 valence electrons. The SMILES string of the molecule is CC1(C)OC(=O)C(=CNc2nc(-c3cccs3)cs2)C(=O)O1. The minimum atomic E-state index is -1.24. The molecule has 0 spiro atoms. The van der Waals surface area contributed by atoms with Crippen LogP contribution in [0.15, 0.2) is 34.7 Å². The van der Waals surface area contributed by atoms with Crippen LogP contribution in [0.4, 0.5) is 5.13 Å². The van der Waals surface area contributed by atoms with E-state index >= 15 is 0 Å². The summed E-state index contributed by atoms with van der Waals surface area (Å²) < 4.78 is 10.0. The third-order valence-corrected chi connectivity index (χ3v) is 4.40. The quantitative estimate of drug-likeness (QED) is 0.527. The van der Waals surface area contributed by atoms with E-state index in [1.165, 1.54) is 31.4 Å². The summed E-state index contributed by atoms with van der Waals surface area (Å²) in [7, 11) is 0. The first-order valence-corrected chi connectivity index (χ1v) is 8.13. The van der Waals surface area contributed by atoms with Crippen molar-refractivity contribution in [1.29, 1.82) is 0 Å². The number of nitrogens with zero attached hydrogens (tertiary/aromatic N) is 1. The molecule has 3 rings (SSSR count). The largest absolute Gasteiger partial charge is 0.419 e. The molecule has 0 radical (unpaired) electrons. The molecular weight excluding hydrogens is 324 g/mol. The second-order valence-corrected chi connectivity index (χ2v) is 6.70. The van der Waals surface area contributed by atoms with Gasteiger partial charge in [-0.1, -0.05) is 6.07 Å². The summed E-state index contributed by atoms with van der Waals surface area (Å²) in [5.41, 5.74) is 0.656. The molecule has 0 atom stereocenters. The molecule has 1 N–H and O–H groups in total. The molecule has 0 bridgehead atoms. The Hall–Kier alpha value is -2.19. The fourth-order valence-corrected chi connectivity index (χ4v) is 3.23. The third kappa shape index (κ3) is 3.02. The first-order valence-electron chi connectivity index (χ1n) is 6.37.